The van der Waals surface area contributed by atoms with Crippen molar-refractivity contribution in [3.05, 3.63) is 34.7 Å². The number of carbonyl (C=O) groups excluding carboxylic acids is 2. The largest absolute Gasteiger partial charge is 0.444 e. The molecule has 3 rings (SSSR count). The van der Waals surface area contributed by atoms with Gasteiger partial charge in [0.25, 0.3) is 5.91 Å². The number of piperazine rings is 1. The minimum Gasteiger partial charge on any atom is -0.444 e. The molecule has 2 heterocycles. The van der Waals surface area contributed by atoms with E-state index in [1.54, 1.807) is 23.3 Å². The normalized spacial score (nSPS) is 14.2. The van der Waals surface area contributed by atoms with Crippen molar-refractivity contribution in [1.29, 1.82) is 0 Å². The van der Waals surface area contributed by atoms with Crippen LogP contribution < -0.4 is 16.0 Å². The first-order valence-electron chi connectivity index (χ1n) is 10.2. The molecule has 0 aliphatic carbocycles. The number of nitrogens with one attached hydrogen (secondary N) is 1. The Kier molecular flexibility index (Phi) is 7.53. The van der Waals surface area contributed by atoms with E-state index in [-0.39, 0.29) is 28.3 Å². The lowest BCUT2D eigenvalue weighted by molar-refractivity contribution is 0.0240. The number of primary amides is 1. The van der Waals surface area contributed by atoms with Crippen molar-refractivity contribution in [2.75, 3.05) is 42.7 Å². The second-order valence-corrected chi connectivity index (χ2v) is 9.46. The molecular weight excluding hydrogens is 471 g/mol. The van der Waals surface area contributed by atoms with Gasteiger partial charge in [0.2, 0.25) is 0 Å². The van der Waals surface area contributed by atoms with Gasteiger partial charge in [-0.15, -0.1) is 0 Å². The maximum atomic E-state index is 14.9. The van der Waals surface area contributed by atoms with Crippen molar-refractivity contribution >= 4 is 52.6 Å². The summed E-state index contributed by atoms with van der Waals surface area (Å²) in [6.45, 7) is 7.48. The third kappa shape index (κ3) is 6.17. The van der Waals surface area contributed by atoms with Crippen molar-refractivity contribution in [3.8, 4) is 0 Å². The van der Waals surface area contributed by atoms with Crippen molar-refractivity contribution in [3.63, 3.8) is 0 Å². The molecule has 1 fully saturated rings. The predicted molar refractivity (Wildman–Crippen MR) is 127 cm³/mol. The van der Waals surface area contributed by atoms with E-state index >= 15 is 0 Å². The molecule has 1 aliphatic rings. The molecule has 0 atom stereocenters. The molecule has 33 heavy (non-hydrogen) atoms. The topological polar surface area (TPSA) is 114 Å². The fraction of sp³-hybridized carbons (Fsp3) is 0.429. The highest BCUT2D eigenvalue weighted by Gasteiger charge is 2.26. The Labute approximate surface area is 200 Å². The first kappa shape index (κ1) is 24.8. The number of nitrogens with zero attached hydrogens (tertiary/aromatic N) is 4. The number of ether oxygens (including phenoxy) is 1. The molecule has 1 aromatic carbocycles. The van der Waals surface area contributed by atoms with Gasteiger partial charge in [0.05, 0.1) is 5.69 Å². The minimum absolute atomic E-state index is 0.0319. The molecule has 1 aromatic heterocycles. The fourth-order valence-corrected chi connectivity index (χ4v) is 3.90. The summed E-state index contributed by atoms with van der Waals surface area (Å²) in [5.74, 6) is -1.34. The van der Waals surface area contributed by atoms with E-state index in [9.17, 15) is 14.0 Å². The van der Waals surface area contributed by atoms with Crippen LogP contribution in [0, 0.1) is 5.82 Å². The Hall–Kier alpha value is -2.79. The van der Waals surface area contributed by atoms with Gasteiger partial charge in [0.1, 0.15) is 28.0 Å². The van der Waals surface area contributed by atoms with E-state index in [1.165, 1.54) is 17.8 Å². The zero-order valence-electron chi connectivity index (χ0n) is 18.8. The van der Waals surface area contributed by atoms with Gasteiger partial charge >= 0.3 is 6.09 Å². The zero-order chi connectivity index (χ0) is 24.3. The SMILES string of the molecule is CSc1nc(Cl)c(C(N)=O)c(Nc2ccc(N3CCN(C(=O)OC(C)(C)C)CC3)cc2F)n1. The highest BCUT2D eigenvalue weighted by molar-refractivity contribution is 7.98. The predicted octanol–water partition coefficient (Wildman–Crippen LogP) is 3.89. The second kappa shape index (κ2) is 10.0. The molecule has 178 valence electrons. The lowest BCUT2D eigenvalue weighted by Crippen LogP contribution is -2.50. The zero-order valence-corrected chi connectivity index (χ0v) is 20.4. The van der Waals surface area contributed by atoms with Crippen LogP contribution in [0.5, 0.6) is 0 Å². The number of nitrogens with two attached hydrogens (primary N) is 1. The Balaban J connectivity index is 1.73. The number of hydrogen-bond donors (Lipinski definition) is 2. The van der Waals surface area contributed by atoms with E-state index in [0.29, 0.717) is 37.0 Å². The van der Waals surface area contributed by atoms with Crippen LogP contribution in [0.15, 0.2) is 23.4 Å². The molecule has 0 saturated carbocycles. The molecule has 1 saturated heterocycles. The molecule has 12 heteroatoms. The monoisotopic (exact) mass is 496 g/mol. The quantitative estimate of drug-likeness (QED) is 0.364. The van der Waals surface area contributed by atoms with Gasteiger partial charge in [-0.1, -0.05) is 23.4 Å². The van der Waals surface area contributed by atoms with Crippen LogP contribution in [0.4, 0.5) is 26.4 Å². The Morgan fingerprint density at radius 2 is 1.88 bits per heavy atom. The van der Waals surface area contributed by atoms with Crippen LogP contribution in [0.1, 0.15) is 31.1 Å². The van der Waals surface area contributed by atoms with Crippen molar-refractivity contribution in [2.24, 2.45) is 5.73 Å². The molecule has 0 bridgehead atoms. The van der Waals surface area contributed by atoms with Gasteiger partial charge in [-0.05, 0) is 45.2 Å². The summed E-state index contributed by atoms with van der Waals surface area (Å²) < 4.78 is 20.3. The maximum absolute atomic E-state index is 14.9. The highest BCUT2D eigenvalue weighted by Crippen LogP contribution is 2.30. The van der Waals surface area contributed by atoms with Crippen LogP contribution in [0.2, 0.25) is 5.15 Å². The first-order chi connectivity index (χ1) is 15.5. The highest BCUT2D eigenvalue weighted by atomic mass is 35.5. The molecule has 2 aromatic rings. The molecule has 9 nitrogen and oxygen atoms in total. The van der Waals surface area contributed by atoms with Gasteiger partial charge in [-0.25, -0.2) is 19.2 Å². The number of thioether (sulfide) groups is 1. The average molecular weight is 497 g/mol. The molecular formula is C21H26ClFN6O3S. The fourth-order valence-electron chi connectivity index (χ4n) is 3.22. The molecule has 1 aliphatic heterocycles. The summed E-state index contributed by atoms with van der Waals surface area (Å²) in [4.78, 5) is 35.9. The number of anilines is 3. The van der Waals surface area contributed by atoms with Crippen molar-refractivity contribution in [1.82, 2.24) is 14.9 Å². The molecule has 0 spiro atoms. The summed E-state index contributed by atoms with van der Waals surface area (Å²) in [5.41, 5.74) is 5.50. The van der Waals surface area contributed by atoms with Crippen LogP contribution in [0.3, 0.4) is 0 Å². The Morgan fingerprint density at radius 3 is 2.42 bits per heavy atom. The number of hydrogen-bond acceptors (Lipinski definition) is 8. The minimum atomic E-state index is -0.824. The number of rotatable bonds is 5. The number of amides is 2. The van der Waals surface area contributed by atoms with Gasteiger partial charge in [-0.3, -0.25) is 4.79 Å². The van der Waals surface area contributed by atoms with Gasteiger partial charge < -0.3 is 25.6 Å². The van der Waals surface area contributed by atoms with Gasteiger partial charge in [-0.2, -0.15) is 0 Å². The smallest absolute Gasteiger partial charge is 0.410 e. The lowest BCUT2D eigenvalue weighted by atomic mass is 10.2. The summed E-state index contributed by atoms with van der Waals surface area (Å²) in [6.07, 6.45) is 1.39. The van der Waals surface area contributed by atoms with E-state index in [0.717, 1.165) is 0 Å². The second-order valence-electron chi connectivity index (χ2n) is 8.33. The summed E-state index contributed by atoms with van der Waals surface area (Å²) in [5, 5.41) is 3.00. The standard InChI is InChI=1S/C21H26ClFN6O3S/c1-21(2,3)32-20(31)29-9-7-28(8-10-29)12-5-6-14(13(23)11-12)25-18-15(17(24)30)16(22)26-19(27-18)33-4/h5-6,11H,7-10H2,1-4H3,(H2,24,30)(H,25,26,27). The van der Waals surface area contributed by atoms with Crippen LogP contribution >= 0.6 is 23.4 Å². The molecule has 2 amide bonds. The maximum Gasteiger partial charge on any atom is 0.410 e. The molecule has 0 unspecified atom stereocenters. The van der Waals surface area contributed by atoms with Gasteiger partial charge in [0.15, 0.2) is 5.16 Å². The number of carbonyl (C=O) groups is 2. The van der Waals surface area contributed by atoms with Crippen LogP contribution in [-0.4, -0.2) is 64.9 Å². The van der Waals surface area contributed by atoms with E-state index in [1.807, 2.05) is 25.7 Å². The third-order valence-corrected chi connectivity index (χ3v) is 5.60. The molecule has 3 N–H and O–H groups in total. The Morgan fingerprint density at radius 1 is 1.21 bits per heavy atom. The summed E-state index contributed by atoms with van der Waals surface area (Å²) in [6, 6.07) is 4.68. The summed E-state index contributed by atoms with van der Waals surface area (Å²) in [7, 11) is 0. The third-order valence-electron chi connectivity index (χ3n) is 4.78. The average Bonchev–Trinajstić information content (AvgIpc) is 2.73. The number of aromatic nitrogens is 2. The van der Waals surface area contributed by atoms with Crippen LogP contribution in [-0.2, 0) is 4.74 Å². The van der Waals surface area contributed by atoms with Crippen molar-refractivity contribution < 1.29 is 18.7 Å². The van der Waals surface area contributed by atoms with E-state index in [2.05, 4.69) is 15.3 Å². The summed E-state index contributed by atoms with van der Waals surface area (Å²) >= 11 is 7.29. The molecule has 0 radical (unpaired) electrons. The first-order valence-corrected chi connectivity index (χ1v) is 11.8. The Bertz CT molecular complexity index is 1060. The van der Waals surface area contributed by atoms with Crippen LogP contribution in [0.25, 0.3) is 0 Å². The van der Waals surface area contributed by atoms with Gasteiger partial charge in [0, 0.05) is 31.9 Å². The van der Waals surface area contributed by atoms with E-state index < -0.39 is 17.3 Å². The number of halogens is 2. The lowest BCUT2D eigenvalue weighted by Gasteiger charge is -2.36. The van der Waals surface area contributed by atoms with E-state index in [4.69, 9.17) is 22.1 Å². The number of benzene rings is 1. The van der Waals surface area contributed by atoms with Crippen molar-refractivity contribution in [2.45, 2.75) is 31.5 Å².